The topological polar surface area (TPSA) is 106 Å². The van der Waals surface area contributed by atoms with Gasteiger partial charge in [-0.2, -0.15) is 0 Å². The molecule has 0 aliphatic carbocycles. The van der Waals surface area contributed by atoms with Crippen LogP contribution in [0, 0.1) is 0 Å². The number of ether oxygens (including phenoxy) is 2. The minimum atomic E-state index is -0.871. The van der Waals surface area contributed by atoms with Gasteiger partial charge >= 0.3 is 5.97 Å². The first-order valence-electron chi connectivity index (χ1n) is 6.56. The Morgan fingerprint density at radius 1 is 1.09 bits per heavy atom. The summed E-state index contributed by atoms with van der Waals surface area (Å²) < 4.78 is 15.2. The molecule has 2 aromatic carbocycles. The second kappa shape index (κ2) is 5.20. The molecule has 1 heterocycles. The molecule has 0 saturated heterocycles. The highest BCUT2D eigenvalue weighted by atomic mass is 16.5. The molecule has 0 aliphatic heterocycles. The zero-order valence-corrected chi connectivity index (χ0v) is 12.2. The van der Waals surface area contributed by atoms with Crippen molar-refractivity contribution in [3.63, 3.8) is 0 Å². The maximum atomic E-state index is 12.8. The molecule has 0 amide bonds. The molecule has 0 unspecified atom stereocenters. The van der Waals surface area contributed by atoms with E-state index in [1.165, 1.54) is 31.4 Å². The molecule has 2 N–H and O–H groups in total. The lowest BCUT2D eigenvalue weighted by atomic mass is 10.0. The molecule has 0 bridgehead atoms. The monoisotopic (exact) mass is 316 g/mol. The molecular formula is C16H12O7. The zero-order valence-electron chi connectivity index (χ0n) is 12.2. The van der Waals surface area contributed by atoms with Gasteiger partial charge in [-0.3, -0.25) is 4.79 Å². The van der Waals surface area contributed by atoms with Crippen molar-refractivity contribution in [2.45, 2.75) is 0 Å². The molecule has 0 fully saturated rings. The van der Waals surface area contributed by atoms with Gasteiger partial charge in [0.05, 0.1) is 19.6 Å². The number of fused-ring (bicyclic) bond motifs is 2. The zero-order chi connectivity index (χ0) is 16.7. The van der Waals surface area contributed by atoms with Crippen molar-refractivity contribution in [3.05, 3.63) is 40.1 Å². The van der Waals surface area contributed by atoms with E-state index in [-0.39, 0.29) is 44.8 Å². The summed E-state index contributed by atoms with van der Waals surface area (Å²) >= 11 is 0. The van der Waals surface area contributed by atoms with Crippen molar-refractivity contribution >= 4 is 27.9 Å². The Hall–Kier alpha value is -3.22. The van der Waals surface area contributed by atoms with Gasteiger partial charge in [0.1, 0.15) is 27.9 Å². The van der Waals surface area contributed by atoms with Crippen LogP contribution in [0.1, 0.15) is 10.4 Å². The summed E-state index contributed by atoms with van der Waals surface area (Å²) in [6.07, 6.45) is 0. The molecule has 1 aromatic heterocycles. The number of esters is 1. The van der Waals surface area contributed by atoms with E-state index in [0.717, 1.165) is 7.11 Å². The van der Waals surface area contributed by atoms with Gasteiger partial charge in [-0.15, -0.1) is 0 Å². The van der Waals surface area contributed by atoms with E-state index < -0.39 is 11.4 Å². The van der Waals surface area contributed by atoms with Crippen molar-refractivity contribution in [2.75, 3.05) is 14.2 Å². The Morgan fingerprint density at radius 3 is 2.48 bits per heavy atom. The van der Waals surface area contributed by atoms with Gasteiger partial charge in [-0.05, 0) is 12.1 Å². The van der Waals surface area contributed by atoms with Crippen LogP contribution in [-0.2, 0) is 4.74 Å². The van der Waals surface area contributed by atoms with Gasteiger partial charge in [-0.1, -0.05) is 6.07 Å². The van der Waals surface area contributed by atoms with E-state index in [9.17, 15) is 19.8 Å². The van der Waals surface area contributed by atoms with E-state index in [1.807, 2.05) is 0 Å². The largest absolute Gasteiger partial charge is 0.507 e. The summed E-state index contributed by atoms with van der Waals surface area (Å²) in [4.78, 5) is 24.8. The summed E-state index contributed by atoms with van der Waals surface area (Å²) in [5, 5.41) is 19.7. The van der Waals surface area contributed by atoms with Gasteiger partial charge < -0.3 is 24.1 Å². The average molecular weight is 316 g/mol. The maximum absolute atomic E-state index is 12.8. The fraction of sp³-hybridized carbons (Fsp3) is 0.125. The second-order valence-electron chi connectivity index (χ2n) is 4.75. The van der Waals surface area contributed by atoms with E-state index in [1.54, 1.807) is 0 Å². The highest BCUT2D eigenvalue weighted by Crippen LogP contribution is 2.37. The van der Waals surface area contributed by atoms with Crippen molar-refractivity contribution < 1.29 is 28.9 Å². The first kappa shape index (κ1) is 14.7. The van der Waals surface area contributed by atoms with Crippen LogP contribution < -0.4 is 10.2 Å². The third-order valence-electron chi connectivity index (χ3n) is 3.50. The second-order valence-corrected chi connectivity index (χ2v) is 4.75. The predicted molar refractivity (Wildman–Crippen MR) is 81.2 cm³/mol. The number of phenols is 2. The van der Waals surface area contributed by atoms with Crippen molar-refractivity contribution in [3.8, 4) is 17.2 Å². The minimum Gasteiger partial charge on any atom is -0.507 e. The van der Waals surface area contributed by atoms with Crippen molar-refractivity contribution in [1.29, 1.82) is 0 Å². The number of hydrogen-bond acceptors (Lipinski definition) is 7. The molecule has 0 radical (unpaired) electrons. The van der Waals surface area contributed by atoms with Crippen LogP contribution in [0.4, 0.5) is 0 Å². The first-order chi connectivity index (χ1) is 11.0. The molecule has 3 aromatic rings. The highest BCUT2D eigenvalue weighted by molar-refractivity contribution is 6.09. The van der Waals surface area contributed by atoms with Crippen LogP contribution in [0.15, 0.2) is 33.5 Å². The molecule has 118 valence electrons. The van der Waals surface area contributed by atoms with Gasteiger partial charge in [0.2, 0.25) is 5.43 Å². The van der Waals surface area contributed by atoms with E-state index in [4.69, 9.17) is 9.15 Å². The van der Waals surface area contributed by atoms with Gasteiger partial charge in [0, 0.05) is 6.07 Å². The molecule has 7 heteroatoms. The lowest BCUT2D eigenvalue weighted by Crippen LogP contribution is -2.12. The number of hydrogen-bond donors (Lipinski definition) is 2. The molecule has 0 saturated carbocycles. The average Bonchev–Trinajstić information content (AvgIpc) is 2.52. The van der Waals surface area contributed by atoms with Crippen molar-refractivity contribution in [1.82, 2.24) is 0 Å². The SMILES string of the molecule is COC(=O)c1c(OC)c(O)cc2oc3cccc(O)c3c(=O)c12. The van der Waals surface area contributed by atoms with Crippen LogP contribution >= 0.6 is 0 Å². The lowest BCUT2D eigenvalue weighted by Gasteiger charge is -2.12. The number of phenolic OH excluding ortho intramolecular Hbond substituents is 2. The quantitative estimate of drug-likeness (QED) is 0.551. The van der Waals surface area contributed by atoms with Crippen LogP contribution in [0.2, 0.25) is 0 Å². The number of carbonyl (C=O) groups is 1. The molecule has 7 nitrogen and oxygen atoms in total. The Labute approximate surface area is 129 Å². The number of aromatic hydroxyl groups is 2. The number of benzene rings is 2. The molecule has 0 atom stereocenters. The lowest BCUT2D eigenvalue weighted by molar-refractivity contribution is 0.0598. The summed E-state index contributed by atoms with van der Waals surface area (Å²) in [5.74, 6) is -1.72. The number of rotatable bonds is 2. The minimum absolute atomic E-state index is 0.0215. The standard InChI is InChI=1S/C16H12O7/c1-21-15-8(18)6-10-12(13(15)16(20)22-2)14(19)11-7(17)4-3-5-9(11)23-10/h3-6,17-18H,1-2H3. The smallest absolute Gasteiger partial charge is 0.342 e. The summed E-state index contributed by atoms with van der Waals surface area (Å²) in [7, 11) is 2.38. The molecule has 23 heavy (non-hydrogen) atoms. The third kappa shape index (κ3) is 2.05. The van der Waals surface area contributed by atoms with Crippen LogP contribution in [-0.4, -0.2) is 30.4 Å². The molecule has 0 spiro atoms. The summed E-state index contributed by atoms with van der Waals surface area (Å²) in [6, 6.07) is 5.51. The van der Waals surface area contributed by atoms with Crippen LogP contribution in [0.25, 0.3) is 21.9 Å². The van der Waals surface area contributed by atoms with E-state index >= 15 is 0 Å². The Bertz CT molecular complexity index is 1000. The van der Waals surface area contributed by atoms with Crippen LogP contribution in [0.5, 0.6) is 17.2 Å². The number of methoxy groups -OCH3 is 2. The fourth-order valence-corrected chi connectivity index (χ4v) is 2.51. The molecule has 0 aliphatic rings. The number of carbonyl (C=O) groups excluding carboxylic acids is 1. The third-order valence-corrected chi connectivity index (χ3v) is 3.50. The van der Waals surface area contributed by atoms with Gasteiger partial charge in [-0.25, -0.2) is 4.79 Å². The molecular weight excluding hydrogens is 304 g/mol. The normalized spacial score (nSPS) is 10.9. The fourth-order valence-electron chi connectivity index (χ4n) is 2.51. The van der Waals surface area contributed by atoms with E-state index in [2.05, 4.69) is 4.74 Å². The van der Waals surface area contributed by atoms with Gasteiger partial charge in [0.25, 0.3) is 0 Å². The maximum Gasteiger partial charge on any atom is 0.342 e. The Kier molecular flexibility index (Phi) is 3.33. The van der Waals surface area contributed by atoms with E-state index in [0.29, 0.717) is 0 Å². The Balaban J connectivity index is 2.63. The predicted octanol–water partition coefficient (Wildman–Crippen LogP) is 2.15. The first-order valence-corrected chi connectivity index (χ1v) is 6.56. The molecule has 3 rings (SSSR count). The van der Waals surface area contributed by atoms with Gasteiger partial charge in [0.15, 0.2) is 11.5 Å². The van der Waals surface area contributed by atoms with Crippen molar-refractivity contribution in [2.24, 2.45) is 0 Å². The summed E-state index contributed by atoms with van der Waals surface area (Å²) in [5.41, 5.74) is -0.781. The van der Waals surface area contributed by atoms with Crippen LogP contribution in [0.3, 0.4) is 0 Å². The summed E-state index contributed by atoms with van der Waals surface area (Å²) in [6.45, 7) is 0. The highest BCUT2D eigenvalue weighted by Gasteiger charge is 2.26. The Morgan fingerprint density at radius 2 is 1.83 bits per heavy atom.